The fourth-order valence-electron chi connectivity index (χ4n) is 1.41. The van der Waals surface area contributed by atoms with E-state index in [0.29, 0.717) is 5.37 Å². The first-order valence-corrected chi connectivity index (χ1v) is 5.41. The van der Waals surface area contributed by atoms with Crippen LogP contribution in [0.15, 0.2) is 30.3 Å². The van der Waals surface area contributed by atoms with E-state index < -0.39 is 0 Å². The van der Waals surface area contributed by atoms with Gasteiger partial charge in [-0.15, -0.1) is 24.2 Å². The molecule has 72 valence electrons. The van der Waals surface area contributed by atoms with Crippen LogP contribution in [0.2, 0.25) is 0 Å². The van der Waals surface area contributed by atoms with E-state index in [1.54, 1.807) is 0 Å². The average Bonchev–Trinajstić information content (AvgIpc) is 2.21. The highest BCUT2D eigenvalue weighted by molar-refractivity contribution is 7.99. The highest BCUT2D eigenvalue weighted by Gasteiger charge is 2.13. The van der Waals surface area contributed by atoms with Crippen molar-refractivity contribution in [3.05, 3.63) is 35.9 Å². The van der Waals surface area contributed by atoms with Crippen LogP contribution in [-0.2, 0) is 0 Å². The molecule has 0 amide bonds. The molecule has 1 fully saturated rings. The van der Waals surface area contributed by atoms with Crippen molar-refractivity contribution in [2.75, 3.05) is 12.3 Å². The highest BCUT2D eigenvalue weighted by Crippen LogP contribution is 2.28. The summed E-state index contributed by atoms with van der Waals surface area (Å²) in [4.78, 5) is 0. The van der Waals surface area contributed by atoms with Gasteiger partial charge in [-0.2, -0.15) is 0 Å². The minimum Gasteiger partial charge on any atom is -0.302 e. The Hall–Kier alpha value is -0.180. The van der Waals surface area contributed by atoms with Crippen LogP contribution in [0.5, 0.6) is 0 Å². The van der Waals surface area contributed by atoms with Gasteiger partial charge in [0.25, 0.3) is 0 Å². The lowest BCUT2D eigenvalue weighted by Gasteiger charge is -2.23. The molecule has 1 aliphatic rings. The lowest BCUT2D eigenvalue weighted by Crippen LogP contribution is -2.25. The Bertz CT molecular complexity index is 234. The number of thioether (sulfide) groups is 1. The third kappa shape index (κ3) is 2.90. The largest absolute Gasteiger partial charge is 0.302 e. The number of benzene rings is 1. The SMILES string of the molecule is Cl.c1ccc(C2NCCCS2)cc1. The second-order valence-corrected chi connectivity index (χ2v) is 4.18. The third-order valence-corrected chi connectivity index (χ3v) is 3.33. The van der Waals surface area contributed by atoms with Crippen LogP contribution < -0.4 is 5.32 Å². The van der Waals surface area contributed by atoms with Gasteiger partial charge >= 0.3 is 0 Å². The molecule has 0 bridgehead atoms. The standard InChI is InChI=1S/C10H13NS.ClH/c1-2-5-9(6-3-1)10-11-7-4-8-12-10;/h1-3,5-6,10-11H,4,7-8H2;1H. The summed E-state index contributed by atoms with van der Waals surface area (Å²) in [6, 6.07) is 10.7. The molecule has 2 rings (SSSR count). The maximum Gasteiger partial charge on any atom is 0.0789 e. The predicted molar refractivity (Wildman–Crippen MR) is 61.5 cm³/mol. The molecule has 1 aromatic rings. The normalized spacial score (nSPS) is 22.0. The van der Waals surface area contributed by atoms with E-state index in [0.717, 1.165) is 6.54 Å². The van der Waals surface area contributed by atoms with Crippen LogP contribution in [0.4, 0.5) is 0 Å². The van der Waals surface area contributed by atoms with E-state index in [2.05, 4.69) is 35.6 Å². The molecule has 1 aliphatic heterocycles. The molecule has 1 aromatic carbocycles. The summed E-state index contributed by atoms with van der Waals surface area (Å²) < 4.78 is 0. The van der Waals surface area contributed by atoms with Gasteiger partial charge in [0, 0.05) is 0 Å². The van der Waals surface area contributed by atoms with Crippen LogP contribution >= 0.6 is 24.2 Å². The van der Waals surface area contributed by atoms with Gasteiger partial charge in [-0.1, -0.05) is 30.3 Å². The number of hydrogen-bond donors (Lipinski definition) is 1. The third-order valence-electron chi connectivity index (χ3n) is 2.04. The molecule has 0 aromatic heterocycles. The van der Waals surface area contributed by atoms with Crippen molar-refractivity contribution in [3.63, 3.8) is 0 Å². The van der Waals surface area contributed by atoms with Gasteiger partial charge in [0.2, 0.25) is 0 Å². The van der Waals surface area contributed by atoms with Crippen molar-refractivity contribution < 1.29 is 0 Å². The smallest absolute Gasteiger partial charge is 0.0789 e. The van der Waals surface area contributed by atoms with Crippen LogP contribution in [0.1, 0.15) is 17.4 Å². The molecule has 1 unspecified atom stereocenters. The molecule has 0 saturated carbocycles. The van der Waals surface area contributed by atoms with Crippen molar-refractivity contribution >= 4 is 24.2 Å². The molecule has 1 nitrogen and oxygen atoms in total. The number of nitrogens with one attached hydrogen (secondary N) is 1. The van der Waals surface area contributed by atoms with Crippen molar-refractivity contribution in [3.8, 4) is 0 Å². The summed E-state index contributed by atoms with van der Waals surface area (Å²) in [5.74, 6) is 1.28. The summed E-state index contributed by atoms with van der Waals surface area (Å²) in [6.45, 7) is 1.16. The monoisotopic (exact) mass is 215 g/mol. The van der Waals surface area contributed by atoms with E-state index in [1.165, 1.54) is 17.7 Å². The molecule has 1 atom stereocenters. The van der Waals surface area contributed by atoms with E-state index >= 15 is 0 Å². The molecule has 1 heterocycles. The Labute approximate surface area is 89.7 Å². The summed E-state index contributed by atoms with van der Waals surface area (Å²) in [6.07, 6.45) is 1.30. The zero-order valence-electron chi connectivity index (χ0n) is 7.40. The fraction of sp³-hybridized carbons (Fsp3) is 0.400. The van der Waals surface area contributed by atoms with Crippen LogP contribution in [-0.4, -0.2) is 12.3 Å². The van der Waals surface area contributed by atoms with Crippen LogP contribution in [0.25, 0.3) is 0 Å². The molecule has 1 saturated heterocycles. The average molecular weight is 216 g/mol. The topological polar surface area (TPSA) is 12.0 Å². The Morgan fingerprint density at radius 3 is 2.62 bits per heavy atom. The van der Waals surface area contributed by atoms with Crippen molar-refractivity contribution in [2.24, 2.45) is 0 Å². The molecule has 13 heavy (non-hydrogen) atoms. The Morgan fingerprint density at radius 1 is 1.23 bits per heavy atom. The van der Waals surface area contributed by atoms with E-state index in [9.17, 15) is 0 Å². The minimum atomic E-state index is 0. The first-order chi connectivity index (χ1) is 5.97. The Balaban J connectivity index is 0.000000845. The van der Waals surface area contributed by atoms with E-state index in [-0.39, 0.29) is 12.4 Å². The lowest BCUT2D eigenvalue weighted by atomic mass is 10.2. The summed E-state index contributed by atoms with van der Waals surface area (Å²) in [5.41, 5.74) is 1.40. The number of halogens is 1. The molecule has 0 aliphatic carbocycles. The van der Waals surface area contributed by atoms with Gasteiger partial charge in [-0.25, -0.2) is 0 Å². The molecule has 0 radical (unpaired) electrons. The maximum atomic E-state index is 3.50. The van der Waals surface area contributed by atoms with Gasteiger partial charge in [-0.3, -0.25) is 0 Å². The zero-order chi connectivity index (χ0) is 8.23. The number of hydrogen-bond acceptors (Lipinski definition) is 2. The molecule has 0 spiro atoms. The Kier molecular flexibility index (Phi) is 4.64. The van der Waals surface area contributed by atoms with Gasteiger partial charge in [-0.05, 0) is 24.3 Å². The quantitative estimate of drug-likeness (QED) is 0.774. The first-order valence-electron chi connectivity index (χ1n) is 4.37. The van der Waals surface area contributed by atoms with Gasteiger partial charge in [0.1, 0.15) is 0 Å². The second-order valence-electron chi connectivity index (χ2n) is 2.97. The molecular formula is C10H14ClNS. The Morgan fingerprint density at radius 2 is 2.00 bits per heavy atom. The van der Waals surface area contributed by atoms with Crippen molar-refractivity contribution in [2.45, 2.75) is 11.8 Å². The van der Waals surface area contributed by atoms with Gasteiger partial charge < -0.3 is 5.32 Å². The first kappa shape index (κ1) is 10.9. The van der Waals surface area contributed by atoms with Crippen LogP contribution in [0, 0.1) is 0 Å². The molecular weight excluding hydrogens is 202 g/mol. The van der Waals surface area contributed by atoms with Gasteiger partial charge in [0.15, 0.2) is 0 Å². The van der Waals surface area contributed by atoms with E-state index in [4.69, 9.17) is 0 Å². The molecule has 1 N–H and O–H groups in total. The minimum absolute atomic E-state index is 0. The number of rotatable bonds is 1. The summed E-state index contributed by atoms with van der Waals surface area (Å²) >= 11 is 2.01. The summed E-state index contributed by atoms with van der Waals surface area (Å²) in [5, 5.41) is 4.03. The van der Waals surface area contributed by atoms with Gasteiger partial charge in [0.05, 0.1) is 5.37 Å². The van der Waals surface area contributed by atoms with Crippen molar-refractivity contribution in [1.29, 1.82) is 0 Å². The fourth-order valence-corrected chi connectivity index (χ4v) is 2.54. The van der Waals surface area contributed by atoms with Crippen molar-refractivity contribution in [1.82, 2.24) is 5.32 Å². The highest BCUT2D eigenvalue weighted by atomic mass is 35.5. The summed E-state index contributed by atoms with van der Waals surface area (Å²) in [7, 11) is 0. The van der Waals surface area contributed by atoms with Crippen LogP contribution in [0.3, 0.4) is 0 Å². The maximum absolute atomic E-state index is 3.50. The zero-order valence-corrected chi connectivity index (χ0v) is 9.03. The lowest BCUT2D eigenvalue weighted by molar-refractivity contribution is 0.643. The molecule has 3 heteroatoms. The predicted octanol–water partition coefficient (Wildman–Crippen LogP) is 2.83. The van der Waals surface area contributed by atoms with E-state index in [1.807, 2.05) is 11.8 Å². The second kappa shape index (κ2) is 5.53.